The molecule has 2 rings (SSSR count). The zero-order chi connectivity index (χ0) is 20.7. The summed E-state index contributed by atoms with van der Waals surface area (Å²) in [6.45, 7) is 5.65. The number of thiocarbonyl (C=S) groups is 1. The maximum atomic E-state index is 12.2. The predicted molar refractivity (Wildman–Crippen MR) is 110 cm³/mol. The molecule has 8 nitrogen and oxygen atoms in total. The van der Waals surface area contributed by atoms with Gasteiger partial charge in [0, 0.05) is 30.8 Å². The first-order valence-corrected chi connectivity index (χ1v) is 9.79. The summed E-state index contributed by atoms with van der Waals surface area (Å²) in [6.07, 6.45) is 1.50. The Balaban J connectivity index is 1.89. The number of non-ortho nitro benzene ring substituents is 1. The minimum atomic E-state index is -0.770. The summed E-state index contributed by atoms with van der Waals surface area (Å²) in [5.41, 5.74) is 0.744. The highest BCUT2D eigenvalue weighted by Gasteiger charge is 2.24. The SMILES string of the molecule is CC(=Cc1ccc([N+](=O)[O-])cc1)C(=O)OC(=O)C(C)SC(=S)N1CCOCC1. The summed E-state index contributed by atoms with van der Waals surface area (Å²) >= 11 is 6.50. The predicted octanol–water partition coefficient (Wildman–Crippen LogP) is 2.81. The molecular weight excluding hydrogens is 404 g/mol. The summed E-state index contributed by atoms with van der Waals surface area (Å²) in [6, 6.07) is 5.69. The lowest BCUT2D eigenvalue weighted by molar-refractivity contribution is -0.384. The molecule has 1 aromatic carbocycles. The smallest absolute Gasteiger partial charge is 0.341 e. The first-order valence-electron chi connectivity index (χ1n) is 8.50. The number of hydrogen-bond acceptors (Lipinski definition) is 8. The Morgan fingerprint density at radius 1 is 1.32 bits per heavy atom. The second-order valence-corrected chi connectivity index (χ2v) is 7.98. The van der Waals surface area contributed by atoms with Gasteiger partial charge in [0.25, 0.3) is 5.69 Å². The van der Waals surface area contributed by atoms with E-state index >= 15 is 0 Å². The van der Waals surface area contributed by atoms with Crippen molar-refractivity contribution in [2.75, 3.05) is 26.3 Å². The summed E-state index contributed by atoms with van der Waals surface area (Å²) in [5, 5.41) is 10.0. The van der Waals surface area contributed by atoms with E-state index in [1.807, 2.05) is 4.90 Å². The van der Waals surface area contributed by atoms with Crippen molar-refractivity contribution in [1.29, 1.82) is 0 Å². The highest BCUT2D eigenvalue weighted by molar-refractivity contribution is 8.23. The lowest BCUT2D eigenvalue weighted by Crippen LogP contribution is -2.39. The molecule has 150 valence electrons. The van der Waals surface area contributed by atoms with Gasteiger partial charge in [-0.1, -0.05) is 24.0 Å². The largest absolute Gasteiger partial charge is 0.389 e. The second kappa shape index (κ2) is 10.3. The van der Waals surface area contributed by atoms with Gasteiger partial charge in [-0.15, -0.1) is 0 Å². The van der Waals surface area contributed by atoms with Crippen molar-refractivity contribution in [2.24, 2.45) is 0 Å². The fraction of sp³-hybridized carbons (Fsp3) is 0.389. The third-order valence-electron chi connectivity index (χ3n) is 3.88. The number of ether oxygens (including phenoxy) is 2. The van der Waals surface area contributed by atoms with Crippen molar-refractivity contribution in [1.82, 2.24) is 4.90 Å². The number of nitro benzene ring substituents is 1. The van der Waals surface area contributed by atoms with E-state index in [1.165, 1.54) is 49.0 Å². The van der Waals surface area contributed by atoms with Gasteiger partial charge in [-0.3, -0.25) is 14.9 Å². The van der Waals surface area contributed by atoms with Crippen LogP contribution >= 0.6 is 24.0 Å². The molecule has 1 aliphatic heterocycles. The molecule has 28 heavy (non-hydrogen) atoms. The maximum Gasteiger partial charge on any atom is 0.341 e. The zero-order valence-corrected chi connectivity index (χ0v) is 17.1. The van der Waals surface area contributed by atoms with Gasteiger partial charge in [0.1, 0.15) is 9.57 Å². The van der Waals surface area contributed by atoms with Crippen molar-refractivity contribution >= 4 is 52.0 Å². The average Bonchev–Trinajstić information content (AvgIpc) is 2.68. The Labute approximate surface area is 172 Å². The first-order chi connectivity index (χ1) is 13.3. The molecule has 1 unspecified atom stereocenters. The number of carbonyl (C=O) groups excluding carboxylic acids is 2. The fourth-order valence-electron chi connectivity index (χ4n) is 2.28. The zero-order valence-electron chi connectivity index (χ0n) is 15.5. The number of morpholine rings is 1. The van der Waals surface area contributed by atoms with Gasteiger partial charge >= 0.3 is 11.9 Å². The first kappa shape index (κ1) is 22.0. The summed E-state index contributed by atoms with van der Waals surface area (Å²) in [4.78, 5) is 36.4. The third kappa shape index (κ3) is 6.39. The number of benzene rings is 1. The summed E-state index contributed by atoms with van der Waals surface area (Å²) in [7, 11) is 0. The van der Waals surface area contributed by atoms with Crippen LogP contribution in [0, 0.1) is 10.1 Å². The molecule has 1 aliphatic rings. The number of rotatable bonds is 5. The van der Waals surface area contributed by atoms with Crippen LogP contribution in [-0.4, -0.2) is 57.6 Å². The maximum absolute atomic E-state index is 12.2. The van der Waals surface area contributed by atoms with Crippen LogP contribution in [0.25, 0.3) is 6.08 Å². The molecule has 0 amide bonds. The van der Waals surface area contributed by atoms with E-state index in [2.05, 4.69) is 0 Å². The number of carbonyl (C=O) groups is 2. The van der Waals surface area contributed by atoms with E-state index in [4.69, 9.17) is 21.7 Å². The molecular formula is C18H20N2O6S2. The molecule has 1 aromatic rings. The van der Waals surface area contributed by atoms with Gasteiger partial charge in [-0.25, -0.2) is 4.79 Å². The summed E-state index contributed by atoms with van der Waals surface area (Å²) in [5.74, 6) is -1.45. The van der Waals surface area contributed by atoms with Gasteiger partial charge in [-0.05, 0) is 37.6 Å². The van der Waals surface area contributed by atoms with Gasteiger partial charge < -0.3 is 14.4 Å². The molecule has 0 aliphatic carbocycles. The Morgan fingerprint density at radius 3 is 2.50 bits per heavy atom. The topological polar surface area (TPSA) is 99.0 Å². The normalized spacial score (nSPS) is 15.6. The van der Waals surface area contributed by atoms with Crippen molar-refractivity contribution in [3.63, 3.8) is 0 Å². The molecule has 1 fully saturated rings. The standard InChI is InChI=1S/C18H20N2O6S2/c1-12(11-14-3-5-15(6-4-14)20(23)24)16(21)26-17(22)13(2)28-18(27)19-7-9-25-10-8-19/h3-6,11,13H,7-10H2,1-2H3. The number of hydrogen-bond donors (Lipinski definition) is 0. The van der Waals surface area contributed by atoms with E-state index < -0.39 is 22.1 Å². The van der Waals surface area contributed by atoms with Gasteiger partial charge in [0.15, 0.2) is 0 Å². The lowest BCUT2D eigenvalue weighted by atomic mass is 10.1. The van der Waals surface area contributed by atoms with Crippen LogP contribution < -0.4 is 0 Å². The number of nitrogens with zero attached hydrogens (tertiary/aromatic N) is 2. The molecule has 1 heterocycles. The monoisotopic (exact) mass is 424 g/mol. The van der Waals surface area contributed by atoms with E-state index in [1.54, 1.807) is 6.92 Å². The Morgan fingerprint density at radius 2 is 1.93 bits per heavy atom. The minimum Gasteiger partial charge on any atom is -0.389 e. The minimum absolute atomic E-state index is 0.0466. The molecule has 0 aromatic heterocycles. The highest BCUT2D eigenvalue weighted by Crippen LogP contribution is 2.19. The number of esters is 2. The molecule has 1 atom stereocenters. The molecule has 0 N–H and O–H groups in total. The molecule has 0 spiro atoms. The third-order valence-corrected chi connectivity index (χ3v) is 5.43. The van der Waals surface area contributed by atoms with Crippen molar-refractivity contribution in [3.05, 3.63) is 45.5 Å². The molecule has 10 heteroatoms. The van der Waals surface area contributed by atoms with E-state index in [-0.39, 0.29) is 11.3 Å². The molecule has 1 saturated heterocycles. The van der Waals surface area contributed by atoms with Crippen LogP contribution in [0.2, 0.25) is 0 Å². The molecule has 0 bridgehead atoms. The van der Waals surface area contributed by atoms with E-state index in [0.29, 0.717) is 36.2 Å². The second-order valence-electron chi connectivity index (χ2n) is 6.01. The Hall–Kier alpha value is -2.30. The molecule has 0 radical (unpaired) electrons. The summed E-state index contributed by atoms with van der Waals surface area (Å²) < 4.78 is 10.7. The fourth-order valence-corrected chi connectivity index (χ4v) is 3.67. The van der Waals surface area contributed by atoms with Crippen LogP contribution in [0.3, 0.4) is 0 Å². The van der Waals surface area contributed by atoms with Crippen LogP contribution in [0.5, 0.6) is 0 Å². The lowest BCUT2D eigenvalue weighted by Gasteiger charge is -2.29. The Bertz CT molecular complexity index is 788. The van der Waals surface area contributed by atoms with Crippen LogP contribution in [-0.2, 0) is 19.1 Å². The van der Waals surface area contributed by atoms with Crippen molar-refractivity contribution in [2.45, 2.75) is 19.1 Å². The molecule has 0 saturated carbocycles. The van der Waals surface area contributed by atoms with E-state index in [9.17, 15) is 19.7 Å². The average molecular weight is 425 g/mol. The van der Waals surface area contributed by atoms with Gasteiger partial charge in [0.2, 0.25) is 0 Å². The van der Waals surface area contributed by atoms with E-state index in [0.717, 1.165) is 0 Å². The Kier molecular flexibility index (Phi) is 8.09. The van der Waals surface area contributed by atoms with Gasteiger partial charge in [0.05, 0.1) is 18.1 Å². The van der Waals surface area contributed by atoms with Gasteiger partial charge in [-0.2, -0.15) is 0 Å². The van der Waals surface area contributed by atoms with Crippen LogP contribution in [0.15, 0.2) is 29.8 Å². The number of thioether (sulfide) groups is 1. The quantitative estimate of drug-likeness (QED) is 0.176. The van der Waals surface area contributed by atoms with Crippen LogP contribution in [0.4, 0.5) is 5.69 Å². The van der Waals surface area contributed by atoms with Crippen LogP contribution in [0.1, 0.15) is 19.4 Å². The highest BCUT2D eigenvalue weighted by atomic mass is 32.2. The van der Waals surface area contributed by atoms with Crippen molar-refractivity contribution in [3.8, 4) is 0 Å². The number of nitro groups is 1. The van der Waals surface area contributed by atoms with Crippen molar-refractivity contribution < 1.29 is 24.0 Å².